The standard InChI is InChI=1S/C16H28N4O2S2.HI/c1-8-22-14(21)12-10(2)19-13(24-12)11(3)20-15(17-6)18-9-16(4,5)23-7;/h11H,8-9H2,1-7H3,(H2,17,18,20);1H. The molecule has 0 aliphatic carbocycles. The van der Waals surface area contributed by atoms with Crippen LogP contribution in [0.5, 0.6) is 0 Å². The second-order valence-electron chi connectivity index (χ2n) is 5.94. The molecule has 1 aromatic rings. The Hall–Kier alpha value is -0.550. The Labute approximate surface area is 176 Å². The molecule has 9 heteroatoms. The van der Waals surface area contributed by atoms with Gasteiger partial charge in [-0.15, -0.1) is 35.3 Å². The molecule has 1 aromatic heterocycles. The Balaban J connectivity index is 0.00000576. The number of hydrogen-bond acceptors (Lipinski definition) is 6. The molecule has 1 heterocycles. The normalized spacial score (nSPS) is 13.0. The van der Waals surface area contributed by atoms with E-state index in [-0.39, 0.29) is 40.7 Å². The molecule has 144 valence electrons. The summed E-state index contributed by atoms with van der Waals surface area (Å²) >= 11 is 3.16. The molecule has 0 aliphatic heterocycles. The summed E-state index contributed by atoms with van der Waals surface area (Å²) in [6.07, 6.45) is 2.09. The first-order valence-electron chi connectivity index (χ1n) is 7.90. The summed E-state index contributed by atoms with van der Waals surface area (Å²) in [4.78, 5) is 21.2. The zero-order valence-corrected chi connectivity index (χ0v) is 19.9. The van der Waals surface area contributed by atoms with Crippen LogP contribution in [0.25, 0.3) is 0 Å². The zero-order valence-electron chi connectivity index (χ0n) is 15.9. The summed E-state index contributed by atoms with van der Waals surface area (Å²) in [5.74, 6) is 0.408. The number of aliphatic imine (C=N–C) groups is 1. The van der Waals surface area contributed by atoms with Crippen molar-refractivity contribution in [3.8, 4) is 0 Å². The van der Waals surface area contributed by atoms with Gasteiger partial charge in [0.1, 0.15) is 9.88 Å². The van der Waals surface area contributed by atoms with Crippen LogP contribution in [-0.4, -0.2) is 48.1 Å². The van der Waals surface area contributed by atoms with Crippen LogP contribution in [0.15, 0.2) is 4.99 Å². The Kier molecular flexibility index (Phi) is 11.0. The second kappa shape index (κ2) is 11.2. The van der Waals surface area contributed by atoms with Crippen LogP contribution in [0.1, 0.15) is 54.1 Å². The van der Waals surface area contributed by atoms with Gasteiger partial charge in [-0.2, -0.15) is 11.8 Å². The van der Waals surface area contributed by atoms with Crippen molar-refractivity contribution in [2.75, 3.05) is 26.5 Å². The molecule has 1 rings (SSSR count). The van der Waals surface area contributed by atoms with E-state index in [1.54, 1.807) is 25.7 Å². The average molecular weight is 500 g/mol. The summed E-state index contributed by atoms with van der Waals surface area (Å²) in [7, 11) is 1.74. The zero-order chi connectivity index (χ0) is 18.3. The van der Waals surface area contributed by atoms with Crippen LogP contribution in [0.3, 0.4) is 0 Å². The molecule has 0 fully saturated rings. The van der Waals surface area contributed by atoms with Gasteiger partial charge in [0.15, 0.2) is 5.96 Å². The van der Waals surface area contributed by atoms with E-state index in [4.69, 9.17) is 4.74 Å². The first-order chi connectivity index (χ1) is 11.2. The second-order valence-corrected chi connectivity index (χ2v) is 8.49. The number of carbonyl (C=O) groups is 1. The fourth-order valence-electron chi connectivity index (χ4n) is 1.82. The van der Waals surface area contributed by atoms with Gasteiger partial charge < -0.3 is 15.4 Å². The number of aryl methyl sites for hydroxylation is 1. The van der Waals surface area contributed by atoms with Crippen molar-refractivity contribution in [3.05, 3.63) is 15.6 Å². The molecule has 0 aliphatic rings. The number of aromatic nitrogens is 1. The molecule has 0 aromatic carbocycles. The Morgan fingerprint density at radius 1 is 1.48 bits per heavy atom. The van der Waals surface area contributed by atoms with Crippen molar-refractivity contribution < 1.29 is 9.53 Å². The fraction of sp³-hybridized carbons (Fsp3) is 0.688. The molecule has 1 atom stereocenters. The minimum atomic E-state index is -0.310. The Bertz CT molecular complexity index is 591. The highest BCUT2D eigenvalue weighted by Crippen LogP contribution is 2.24. The lowest BCUT2D eigenvalue weighted by atomic mass is 10.2. The predicted molar refractivity (Wildman–Crippen MR) is 119 cm³/mol. The molecule has 0 saturated carbocycles. The van der Waals surface area contributed by atoms with Gasteiger partial charge in [0.25, 0.3) is 0 Å². The molecule has 0 radical (unpaired) electrons. The summed E-state index contributed by atoms with van der Waals surface area (Å²) < 4.78 is 5.19. The SMILES string of the molecule is CCOC(=O)c1sc(C(C)NC(=NC)NCC(C)(C)SC)nc1C.I. The van der Waals surface area contributed by atoms with Crippen LogP contribution in [0, 0.1) is 6.92 Å². The lowest BCUT2D eigenvalue weighted by Crippen LogP contribution is -2.44. The number of rotatable bonds is 7. The smallest absolute Gasteiger partial charge is 0.350 e. The van der Waals surface area contributed by atoms with E-state index in [1.165, 1.54) is 11.3 Å². The van der Waals surface area contributed by atoms with E-state index in [0.717, 1.165) is 17.5 Å². The maximum absolute atomic E-state index is 11.9. The lowest BCUT2D eigenvalue weighted by Gasteiger charge is -2.24. The van der Waals surface area contributed by atoms with E-state index in [0.29, 0.717) is 17.2 Å². The largest absolute Gasteiger partial charge is 0.462 e. The number of thioether (sulfide) groups is 1. The number of hydrogen-bond donors (Lipinski definition) is 2. The molecule has 0 bridgehead atoms. The van der Waals surface area contributed by atoms with Crippen LogP contribution in [0.4, 0.5) is 0 Å². The number of thiazole rings is 1. The van der Waals surface area contributed by atoms with E-state index in [1.807, 2.05) is 13.8 Å². The molecular formula is C16H29IN4O2S2. The van der Waals surface area contributed by atoms with Gasteiger partial charge in [0.2, 0.25) is 0 Å². The fourth-order valence-corrected chi connectivity index (χ4v) is 3.00. The topological polar surface area (TPSA) is 75.6 Å². The highest BCUT2D eigenvalue weighted by Gasteiger charge is 2.21. The van der Waals surface area contributed by atoms with Gasteiger partial charge >= 0.3 is 5.97 Å². The van der Waals surface area contributed by atoms with Crippen molar-refractivity contribution in [2.45, 2.75) is 45.4 Å². The number of carbonyl (C=O) groups excluding carboxylic acids is 1. The summed E-state index contributed by atoms with van der Waals surface area (Å²) in [5.41, 5.74) is 0.702. The van der Waals surface area contributed by atoms with Gasteiger partial charge in [0.05, 0.1) is 18.3 Å². The molecule has 0 spiro atoms. The third-order valence-corrected chi connectivity index (χ3v) is 6.03. The maximum Gasteiger partial charge on any atom is 0.350 e. The van der Waals surface area contributed by atoms with E-state index >= 15 is 0 Å². The van der Waals surface area contributed by atoms with Crippen molar-refractivity contribution in [2.24, 2.45) is 4.99 Å². The van der Waals surface area contributed by atoms with Gasteiger partial charge in [-0.25, -0.2) is 9.78 Å². The van der Waals surface area contributed by atoms with Gasteiger partial charge in [-0.05, 0) is 40.9 Å². The van der Waals surface area contributed by atoms with E-state index < -0.39 is 0 Å². The number of halogens is 1. The van der Waals surface area contributed by atoms with Crippen molar-refractivity contribution in [3.63, 3.8) is 0 Å². The van der Waals surface area contributed by atoms with Crippen molar-refractivity contribution >= 4 is 59.0 Å². The average Bonchev–Trinajstić information content (AvgIpc) is 2.93. The minimum absolute atomic E-state index is 0. The molecular weight excluding hydrogens is 471 g/mol. The monoisotopic (exact) mass is 500 g/mol. The maximum atomic E-state index is 11.9. The van der Waals surface area contributed by atoms with Gasteiger partial charge in [-0.3, -0.25) is 4.99 Å². The number of guanidine groups is 1. The summed E-state index contributed by atoms with van der Waals surface area (Å²) in [6, 6.07) is -0.0551. The minimum Gasteiger partial charge on any atom is -0.462 e. The van der Waals surface area contributed by atoms with E-state index in [9.17, 15) is 4.79 Å². The van der Waals surface area contributed by atoms with Crippen molar-refractivity contribution in [1.29, 1.82) is 0 Å². The van der Waals surface area contributed by atoms with Crippen LogP contribution >= 0.6 is 47.1 Å². The molecule has 0 saturated heterocycles. The van der Waals surface area contributed by atoms with E-state index in [2.05, 4.69) is 40.7 Å². The summed E-state index contributed by atoms with van der Waals surface area (Å²) in [6.45, 7) is 11.1. The van der Waals surface area contributed by atoms with Gasteiger partial charge in [0, 0.05) is 18.3 Å². The highest BCUT2D eigenvalue weighted by atomic mass is 127. The first-order valence-corrected chi connectivity index (χ1v) is 9.95. The first kappa shape index (κ1) is 24.5. The lowest BCUT2D eigenvalue weighted by molar-refractivity contribution is 0.0531. The molecule has 2 N–H and O–H groups in total. The third-order valence-electron chi connectivity index (χ3n) is 3.46. The highest BCUT2D eigenvalue weighted by molar-refractivity contribution is 14.0. The third kappa shape index (κ3) is 7.69. The number of nitrogens with zero attached hydrogens (tertiary/aromatic N) is 2. The summed E-state index contributed by atoms with van der Waals surface area (Å²) in [5, 5.41) is 7.48. The number of esters is 1. The van der Waals surface area contributed by atoms with Crippen LogP contribution < -0.4 is 10.6 Å². The Morgan fingerprint density at radius 3 is 2.64 bits per heavy atom. The molecule has 1 unspecified atom stereocenters. The van der Waals surface area contributed by atoms with Gasteiger partial charge in [-0.1, -0.05) is 0 Å². The predicted octanol–water partition coefficient (Wildman–Crippen LogP) is 3.61. The van der Waals surface area contributed by atoms with Crippen molar-refractivity contribution in [1.82, 2.24) is 15.6 Å². The molecule has 25 heavy (non-hydrogen) atoms. The number of ether oxygens (including phenoxy) is 1. The van der Waals surface area contributed by atoms with Crippen LogP contribution in [-0.2, 0) is 4.74 Å². The molecule has 6 nitrogen and oxygen atoms in total. The van der Waals surface area contributed by atoms with Crippen LogP contribution in [0.2, 0.25) is 0 Å². The quantitative estimate of drug-likeness (QED) is 0.258. The Morgan fingerprint density at radius 2 is 2.12 bits per heavy atom. The number of nitrogens with one attached hydrogen (secondary N) is 2. The molecule has 0 amide bonds.